The first kappa shape index (κ1) is 13.7. The SMILES string of the molecule is CC(C)CC(C)OCc1ccc(C(=O)NN)o1. The van der Waals surface area contributed by atoms with Crippen molar-refractivity contribution in [2.24, 2.45) is 11.8 Å². The van der Waals surface area contributed by atoms with Gasteiger partial charge in [0.1, 0.15) is 12.4 Å². The van der Waals surface area contributed by atoms with Gasteiger partial charge in [0.2, 0.25) is 0 Å². The van der Waals surface area contributed by atoms with Crippen molar-refractivity contribution < 1.29 is 13.9 Å². The minimum atomic E-state index is -0.438. The number of hydrazine groups is 1. The molecule has 0 spiro atoms. The Kier molecular flexibility index (Phi) is 5.18. The topological polar surface area (TPSA) is 77.5 Å². The van der Waals surface area contributed by atoms with Gasteiger partial charge in [0.25, 0.3) is 0 Å². The normalized spacial score (nSPS) is 12.8. The van der Waals surface area contributed by atoms with E-state index in [1.807, 2.05) is 12.3 Å². The summed E-state index contributed by atoms with van der Waals surface area (Å²) < 4.78 is 10.9. The highest BCUT2D eigenvalue weighted by Gasteiger charge is 2.11. The van der Waals surface area contributed by atoms with Gasteiger partial charge < -0.3 is 9.15 Å². The minimum absolute atomic E-state index is 0.173. The highest BCUT2D eigenvalue weighted by atomic mass is 16.5. The number of nitrogens with one attached hydrogen (secondary N) is 1. The number of ether oxygens (including phenoxy) is 1. The number of carbonyl (C=O) groups is 1. The standard InChI is InChI=1S/C12H20N2O3/c1-8(2)6-9(3)16-7-10-4-5-11(17-10)12(15)14-13/h4-5,8-9H,6-7,13H2,1-3H3,(H,14,15). The van der Waals surface area contributed by atoms with Gasteiger partial charge in [-0.3, -0.25) is 10.2 Å². The summed E-state index contributed by atoms with van der Waals surface area (Å²) in [6, 6.07) is 3.29. The number of amides is 1. The highest BCUT2D eigenvalue weighted by molar-refractivity contribution is 5.90. The lowest BCUT2D eigenvalue weighted by molar-refractivity contribution is 0.0298. The summed E-state index contributed by atoms with van der Waals surface area (Å²) in [5.41, 5.74) is 2.01. The van der Waals surface area contributed by atoms with Crippen molar-refractivity contribution in [1.82, 2.24) is 5.43 Å². The molecule has 1 aromatic rings. The Morgan fingerprint density at radius 1 is 1.47 bits per heavy atom. The lowest BCUT2D eigenvalue weighted by Crippen LogP contribution is -2.29. The van der Waals surface area contributed by atoms with Crippen molar-refractivity contribution >= 4 is 5.91 Å². The van der Waals surface area contributed by atoms with Gasteiger partial charge in [-0.2, -0.15) is 0 Å². The molecular formula is C12H20N2O3. The third kappa shape index (κ3) is 4.58. The summed E-state index contributed by atoms with van der Waals surface area (Å²) in [6.07, 6.45) is 1.17. The van der Waals surface area contributed by atoms with E-state index in [1.165, 1.54) is 0 Å². The van der Waals surface area contributed by atoms with Crippen LogP contribution in [-0.2, 0) is 11.3 Å². The van der Waals surface area contributed by atoms with Crippen LogP contribution in [0.2, 0.25) is 0 Å². The summed E-state index contributed by atoms with van der Waals surface area (Å²) in [7, 11) is 0. The van der Waals surface area contributed by atoms with Crippen LogP contribution < -0.4 is 11.3 Å². The molecule has 0 saturated heterocycles. The van der Waals surface area contributed by atoms with E-state index < -0.39 is 5.91 Å². The Morgan fingerprint density at radius 3 is 2.76 bits per heavy atom. The van der Waals surface area contributed by atoms with Crippen LogP contribution in [0.25, 0.3) is 0 Å². The summed E-state index contributed by atoms with van der Waals surface area (Å²) in [5.74, 6) is 5.98. The van der Waals surface area contributed by atoms with Crippen molar-refractivity contribution in [2.75, 3.05) is 0 Å². The highest BCUT2D eigenvalue weighted by Crippen LogP contribution is 2.13. The van der Waals surface area contributed by atoms with Gasteiger partial charge in [-0.1, -0.05) is 13.8 Å². The third-order valence-corrected chi connectivity index (χ3v) is 2.33. The van der Waals surface area contributed by atoms with Crippen molar-refractivity contribution in [3.05, 3.63) is 23.7 Å². The number of nitrogens with two attached hydrogens (primary N) is 1. The molecule has 3 N–H and O–H groups in total. The molecule has 1 atom stereocenters. The Labute approximate surface area is 101 Å². The fourth-order valence-corrected chi connectivity index (χ4v) is 1.60. The molecule has 1 aromatic heterocycles. The van der Waals surface area contributed by atoms with Gasteiger partial charge in [0.05, 0.1) is 6.10 Å². The number of rotatable bonds is 6. The second kappa shape index (κ2) is 6.42. The molecule has 0 bridgehead atoms. The Morgan fingerprint density at radius 2 is 2.18 bits per heavy atom. The maximum absolute atomic E-state index is 11.1. The van der Waals surface area contributed by atoms with Crippen molar-refractivity contribution in [3.8, 4) is 0 Å². The van der Waals surface area contributed by atoms with Crippen LogP contribution in [0.15, 0.2) is 16.5 Å². The Bertz CT molecular complexity index is 360. The lowest BCUT2D eigenvalue weighted by atomic mass is 10.1. The lowest BCUT2D eigenvalue weighted by Gasteiger charge is -2.13. The molecule has 0 radical (unpaired) electrons. The maximum atomic E-state index is 11.1. The predicted molar refractivity (Wildman–Crippen MR) is 64.1 cm³/mol. The van der Waals surface area contributed by atoms with Gasteiger partial charge in [-0.15, -0.1) is 0 Å². The fraction of sp³-hybridized carbons (Fsp3) is 0.583. The van der Waals surface area contributed by atoms with E-state index in [2.05, 4.69) is 13.8 Å². The van der Waals surface area contributed by atoms with Crippen LogP contribution in [-0.4, -0.2) is 12.0 Å². The summed E-state index contributed by atoms with van der Waals surface area (Å²) >= 11 is 0. The molecule has 0 aliphatic carbocycles. The van der Waals surface area contributed by atoms with E-state index in [1.54, 1.807) is 12.1 Å². The molecule has 17 heavy (non-hydrogen) atoms. The van der Waals surface area contributed by atoms with Gasteiger partial charge in [0, 0.05) is 0 Å². The quantitative estimate of drug-likeness (QED) is 0.452. The second-order valence-electron chi connectivity index (χ2n) is 4.49. The van der Waals surface area contributed by atoms with Crippen LogP contribution in [0.3, 0.4) is 0 Å². The number of furan rings is 1. The van der Waals surface area contributed by atoms with Gasteiger partial charge in [-0.05, 0) is 31.4 Å². The Hall–Kier alpha value is -1.33. The summed E-state index contributed by atoms with van der Waals surface area (Å²) in [6.45, 7) is 6.69. The van der Waals surface area contributed by atoms with Crippen molar-refractivity contribution in [1.29, 1.82) is 0 Å². The van der Waals surface area contributed by atoms with Gasteiger partial charge in [0.15, 0.2) is 5.76 Å². The number of hydrogen-bond acceptors (Lipinski definition) is 4. The van der Waals surface area contributed by atoms with Gasteiger partial charge in [-0.25, -0.2) is 5.84 Å². The average Bonchev–Trinajstić information content (AvgIpc) is 2.73. The monoisotopic (exact) mass is 240 g/mol. The number of hydrogen-bond donors (Lipinski definition) is 2. The molecule has 0 aliphatic rings. The van der Waals surface area contributed by atoms with Crippen LogP contribution in [0.4, 0.5) is 0 Å². The molecule has 5 heteroatoms. The zero-order valence-corrected chi connectivity index (χ0v) is 10.5. The van der Waals surface area contributed by atoms with Crippen LogP contribution in [0.1, 0.15) is 43.5 Å². The molecule has 0 saturated carbocycles. The van der Waals surface area contributed by atoms with E-state index in [-0.39, 0.29) is 11.9 Å². The zero-order valence-electron chi connectivity index (χ0n) is 10.5. The predicted octanol–water partition coefficient (Wildman–Crippen LogP) is 1.83. The number of nitrogen functional groups attached to an aromatic ring is 1. The molecule has 1 rings (SSSR count). The first-order valence-corrected chi connectivity index (χ1v) is 5.74. The first-order chi connectivity index (χ1) is 8.02. The number of carbonyl (C=O) groups excluding carboxylic acids is 1. The second-order valence-corrected chi connectivity index (χ2v) is 4.49. The van der Waals surface area contributed by atoms with Crippen LogP contribution >= 0.6 is 0 Å². The zero-order chi connectivity index (χ0) is 12.8. The average molecular weight is 240 g/mol. The molecule has 0 fully saturated rings. The van der Waals surface area contributed by atoms with Crippen molar-refractivity contribution in [3.63, 3.8) is 0 Å². The first-order valence-electron chi connectivity index (χ1n) is 5.74. The maximum Gasteiger partial charge on any atom is 0.300 e. The molecule has 1 unspecified atom stereocenters. The summed E-state index contributed by atoms with van der Waals surface area (Å²) in [4.78, 5) is 11.1. The molecule has 0 aromatic carbocycles. The third-order valence-electron chi connectivity index (χ3n) is 2.33. The van der Waals surface area contributed by atoms with Crippen molar-refractivity contribution in [2.45, 2.75) is 39.9 Å². The van der Waals surface area contributed by atoms with E-state index >= 15 is 0 Å². The van der Waals surface area contributed by atoms with E-state index in [4.69, 9.17) is 15.0 Å². The van der Waals surface area contributed by atoms with Crippen LogP contribution in [0, 0.1) is 5.92 Å². The van der Waals surface area contributed by atoms with Gasteiger partial charge >= 0.3 is 5.91 Å². The van der Waals surface area contributed by atoms with E-state index in [0.717, 1.165) is 6.42 Å². The Balaban J connectivity index is 2.42. The molecule has 1 heterocycles. The molecular weight excluding hydrogens is 220 g/mol. The fourth-order valence-electron chi connectivity index (χ4n) is 1.60. The van der Waals surface area contributed by atoms with E-state index in [0.29, 0.717) is 18.3 Å². The largest absolute Gasteiger partial charge is 0.453 e. The molecule has 96 valence electrons. The summed E-state index contributed by atoms with van der Waals surface area (Å²) in [5, 5.41) is 0. The van der Waals surface area contributed by atoms with E-state index in [9.17, 15) is 4.79 Å². The molecule has 0 aliphatic heterocycles. The minimum Gasteiger partial charge on any atom is -0.453 e. The molecule has 5 nitrogen and oxygen atoms in total. The smallest absolute Gasteiger partial charge is 0.300 e. The molecule has 1 amide bonds. The van der Waals surface area contributed by atoms with Crippen LogP contribution in [0.5, 0.6) is 0 Å².